The minimum atomic E-state index is -4.33. The highest BCUT2D eigenvalue weighted by atomic mass is 19.4. The van der Waals surface area contributed by atoms with E-state index in [9.17, 15) is 18.0 Å². The topological polar surface area (TPSA) is 29.1 Å². The molecule has 0 aromatic heterocycles. The Bertz CT molecular complexity index is 675. The average molecular weight is 277 g/mol. The number of hydrogen-bond acceptors (Lipinski definition) is 1. The van der Waals surface area contributed by atoms with Gasteiger partial charge in [-0.15, -0.1) is 0 Å². The number of alkyl halides is 3. The first kappa shape index (κ1) is 12.7. The van der Waals surface area contributed by atoms with Crippen molar-refractivity contribution in [1.29, 1.82) is 0 Å². The van der Waals surface area contributed by atoms with Gasteiger partial charge in [0.05, 0.1) is 12.0 Å². The molecule has 2 aromatic carbocycles. The van der Waals surface area contributed by atoms with Crippen LogP contribution < -0.4 is 5.32 Å². The standard InChI is InChI=1S/C15H10F3NO/c16-15(17,18)12-4-1-9(2-5-12)10-3-6-13-11(7-10)8-14(20)19-13/h1-7H,8H2,(H,19,20). The molecule has 0 unspecified atom stereocenters. The summed E-state index contributed by atoms with van der Waals surface area (Å²) >= 11 is 0. The molecule has 20 heavy (non-hydrogen) atoms. The van der Waals surface area contributed by atoms with E-state index in [1.807, 2.05) is 6.07 Å². The molecule has 0 bridgehead atoms. The first-order chi connectivity index (χ1) is 9.43. The lowest BCUT2D eigenvalue weighted by molar-refractivity contribution is -0.137. The zero-order valence-electron chi connectivity index (χ0n) is 10.3. The fourth-order valence-electron chi connectivity index (χ4n) is 2.26. The Morgan fingerprint density at radius 2 is 1.60 bits per heavy atom. The Hall–Kier alpha value is -2.30. The number of anilines is 1. The summed E-state index contributed by atoms with van der Waals surface area (Å²) in [5, 5.41) is 2.72. The molecule has 2 nitrogen and oxygen atoms in total. The van der Waals surface area contributed by atoms with E-state index in [-0.39, 0.29) is 5.91 Å². The maximum Gasteiger partial charge on any atom is 0.416 e. The lowest BCUT2D eigenvalue weighted by Gasteiger charge is -2.08. The average Bonchev–Trinajstić information content (AvgIpc) is 2.77. The Labute approximate surface area is 113 Å². The Morgan fingerprint density at radius 3 is 2.25 bits per heavy atom. The summed E-state index contributed by atoms with van der Waals surface area (Å²) in [6.07, 6.45) is -4.02. The van der Waals surface area contributed by atoms with Gasteiger partial charge in [-0.1, -0.05) is 18.2 Å². The fourth-order valence-corrected chi connectivity index (χ4v) is 2.26. The van der Waals surface area contributed by atoms with Gasteiger partial charge in [-0.3, -0.25) is 4.79 Å². The molecule has 0 radical (unpaired) electrons. The van der Waals surface area contributed by atoms with Crippen LogP contribution in [0.1, 0.15) is 11.1 Å². The van der Waals surface area contributed by atoms with E-state index in [0.717, 1.165) is 28.9 Å². The lowest BCUT2D eigenvalue weighted by Crippen LogP contribution is -2.03. The first-order valence-corrected chi connectivity index (χ1v) is 6.04. The van der Waals surface area contributed by atoms with Gasteiger partial charge in [0.25, 0.3) is 0 Å². The van der Waals surface area contributed by atoms with Crippen molar-refractivity contribution in [3.05, 3.63) is 53.6 Å². The second kappa shape index (κ2) is 4.37. The van der Waals surface area contributed by atoms with E-state index in [0.29, 0.717) is 12.0 Å². The number of carbonyl (C=O) groups excluding carboxylic acids is 1. The molecule has 0 saturated heterocycles. The van der Waals surface area contributed by atoms with Gasteiger partial charge in [0, 0.05) is 5.69 Å². The van der Waals surface area contributed by atoms with E-state index in [2.05, 4.69) is 5.32 Å². The summed E-state index contributed by atoms with van der Waals surface area (Å²) in [6.45, 7) is 0. The summed E-state index contributed by atoms with van der Waals surface area (Å²) < 4.78 is 37.5. The molecule has 2 aromatic rings. The van der Waals surface area contributed by atoms with Gasteiger partial charge in [-0.25, -0.2) is 0 Å². The highest BCUT2D eigenvalue weighted by molar-refractivity contribution is 5.99. The van der Waals surface area contributed by atoms with Crippen molar-refractivity contribution in [2.24, 2.45) is 0 Å². The SMILES string of the molecule is O=C1Cc2cc(-c3ccc(C(F)(F)F)cc3)ccc2N1. The molecule has 3 rings (SSSR count). The van der Waals surface area contributed by atoms with Crippen LogP contribution >= 0.6 is 0 Å². The quantitative estimate of drug-likeness (QED) is 0.842. The van der Waals surface area contributed by atoms with E-state index < -0.39 is 11.7 Å². The molecule has 0 fully saturated rings. The van der Waals surface area contributed by atoms with Gasteiger partial charge >= 0.3 is 6.18 Å². The maximum atomic E-state index is 12.5. The third kappa shape index (κ3) is 2.27. The number of carbonyl (C=O) groups is 1. The van der Waals surface area contributed by atoms with Crippen molar-refractivity contribution >= 4 is 11.6 Å². The van der Waals surface area contributed by atoms with Crippen LogP contribution in [0.5, 0.6) is 0 Å². The number of amides is 1. The molecule has 1 aliphatic rings. The largest absolute Gasteiger partial charge is 0.416 e. The summed E-state index contributed by atoms with van der Waals surface area (Å²) in [7, 11) is 0. The molecule has 1 aliphatic heterocycles. The van der Waals surface area contributed by atoms with Crippen LogP contribution in [0.25, 0.3) is 11.1 Å². The van der Waals surface area contributed by atoms with E-state index in [1.165, 1.54) is 12.1 Å². The number of fused-ring (bicyclic) bond motifs is 1. The van der Waals surface area contributed by atoms with Crippen molar-refractivity contribution in [1.82, 2.24) is 0 Å². The summed E-state index contributed by atoms with van der Waals surface area (Å²) in [5.74, 6) is -0.0652. The van der Waals surface area contributed by atoms with Crippen molar-refractivity contribution in [2.75, 3.05) is 5.32 Å². The molecule has 102 valence electrons. The third-order valence-corrected chi connectivity index (χ3v) is 3.28. The van der Waals surface area contributed by atoms with Crippen LogP contribution in [0.2, 0.25) is 0 Å². The molecular weight excluding hydrogens is 267 g/mol. The van der Waals surface area contributed by atoms with Crippen molar-refractivity contribution in [3.63, 3.8) is 0 Å². The van der Waals surface area contributed by atoms with Crippen molar-refractivity contribution in [2.45, 2.75) is 12.6 Å². The Morgan fingerprint density at radius 1 is 0.950 bits per heavy atom. The molecule has 0 aliphatic carbocycles. The van der Waals surface area contributed by atoms with Gasteiger partial charge in [-0.05, 0) is 41.0 Å². The molecule has 5 heteroatoms. The van der Waals surface area contributed by atoms with Crippen LogP contribution in [0.4, 0.5) is 18.9 Å². The van der Waals surface area contributed by atoms with Crippen LogP contribution in [0, 0.1) is 0 Å². The monoisotopic (exact) mass is 277 g/mol. The second-order valence-electron chi connectivity index (χ2n) is 4.67. The molecule has 1 amide bonds. The molecule has 0 spiro atoms. The maximum absolute atomic E-state index is 12.5. The molecule has 1 heterocycles. The first-order valence-electron chi connectivity index (χ1n) is 6.04. The zero-order chi connectivity index (χ0) is 14.3. The summed E-state index contributed by atoms with van der Waals surface area (Å²) in [6, 6.07) is 10.4. The summed E-state index contributed by atoms with van der Waals surface area (Å²) in [4.78, 5) is 11.3. The lowest BCUT2D eigenvalue weighted by atomic mass is 10.0. The van der Waals surface area contributed by atoms with Gasteiger partial charge in [-0.2, -0.15) is 13.2 Å². The molecule has 1 N–H and O–H groups in total. The van der Waals surface area contributed by atoms with Gasteiger partial charge in [0.15, 0.2) is 0 Å². The fraction of sp³-hybridized carbons (Fsp3) is 0.133. The molecular formula is C15H10F3NO. The number of halogens is 3. The van der Waals surface area contributed by atoms with Crippen LogP contribution in [-0.2, 0) is 17.4 Å². The zero-order valence-corrected chi connectivity index (χ0v) is 10.3. The van der Waals surface area contributed by atoms with E-state index in [4.69, 9.17) is 0 Å². The van der Waals surface area contributed by atoms with E-state index in [1.54, 1.807) is 12.1 Å². The molecule has 0 atom stereocenters. The number of benzene rings is 2. The van der Waals surface area contributed by atoms with Crippen molar-refractivity contribution in [3.8, 4) is 11.1 Å². The van der Waals surface area contributed by atoms with Gasteiger partial charge in [0.2, 0.25) is 5.91 Å². The van der Waals surface area contributed by atoms with Crippen LogP contribution in [-0.4, -0.2) is 5.91 Å². The second-order valence-corrected chi connectivity index (χ2v) is 4.67. The number of nitrogens with one attached hydrogen (secondary N) is 1. The van der Waals surface area contributed by atoms with Crippen LogP contribution in [0.15, 0.2) is 42.5 Å². The van der Waals surface area contributed by atoms with Crippen LogP contribution in [0.3, 0.4) is 0 Å². The minimum absolute atomic E-state index is 0.0652. The Kier molecular flexibility index (Phi) is 2.78. The predicted octanol–water partition coefficient (Wildman–Crippen LogP) is 3.87. The summed E-state index contributed by atoms with van der Waals surface area (Å²) in [5.41, 5.74) is 2.46. The normalized spacial score (nSPS) is 14.1. The third-order valence-electron chi connectivity index (χ3n) is 3.28. The minimum Gasteiger partial charge on any atom is -0.326 e. The van der Waals surface area contributed by atoms with Gasteiger partial charge < -0.3 is 5.32 Å². The molecule has 0 saturated carbocycles. The highest BCUT2D eigenvalue weighted by Gasteiger charge is 2.30. The van der Waals surface area contributed by atoms with E-state index >= 15 is 0 Å². The smallest absolute Gasteiger partial charge is 0.326 e. The van der Waals surface area contributed by atoms with Gasteiger partial charge in [0.1, 0.15) is 0 Å². The van der Waals surface area contributed by atoms with Crippen molar-refractivity contribution < 1.29 is 18.0 Å². The Balaban J connectivity index is 1.94. The highest BCUT2D eigenvalue weighted by Crippen LogP contribution is 2.32. The predicted molar refractivity (Wildman–Crippen MR) is 69.2 cm³/mol. The number of hydrogen-bond donors (Lipinski definition) is 1. The number of rotatable bonds is 1.